The third kappa shape index (κ3) is 3.50. The SMILES string of the molecule is O=S(=O)(OC1=CC[C@@H]2O[C@H](c3ccccc3)OC[C@H]2O1)C(F)(F)F. The molecule has 24 heavy (non-hydrogen) atoms. The summed E-state index contributed by atoms with van der Waals surface area (Å²) in [6, 6.07) is 9.11. The molecule has 3 rings (SSSR count). The predicted molar refractivity (Wildman–Crippen MR) is 73.6 cm³/mol. The zero-order valence-electron chi connectivity index (χ0n) is 12.1. The van der Waals surface area contributed by atoms with Crippen LogP contribution in [0.2, 0.25) is 0 Å². The zero-order chi connectivity index (χ0) is 17.4. The standard InChI is InChI=1S/C14H13F3O6S/c15-14(16,17)24(18,19)23-12-7-6-10-11(21-12)8-20-13(22-10)9-4-2-1-3-5-9/h1-5,7,10-11,13H,6,8H2/t10-,11+,13+/m0/s1. The molecule has 0 amide bonds. The molecular formula is C14H13F3O6S. The van der Waals surface area contributed by atoms with Crippen molar-refractivity contribution in [2.75, 3.05) is 6.61 Å². The number of rotatable bonds is 3. The van der Waals surface area contributed by atoms with Crippen LogP contribution in [-0.4, -0.2) is 32.7 Å². The zero-order valence-corrected chi connectivity index (χ0v) is 12.9. The number of benzene rings is 1. The number of ether oxygens (including phenoxy) is 3. The van der Waals surface area contributed by atoms with Crippen LogP contribution in [0, 0.1) is 0 Å². The van der Waals surface area contributed by atoms with Gasteiger partial charge in [0.05, 0.1) is 6.61 Å². The average Bonchev–Trinajstić information content (AvgIpc) is 2.54. The van der Waals surface area contributed by atoms with E-state index in [2.05, 4.69) is 4.18 Å². The van der Waals surface area contributed by atoms with E-state index < -0.39 is 40.1 Å². The lowest BCUT2D eigenvalue weighted by Gasteiger charge is -2.38. The molecule has 0 aliphatic carbocycles. The van der Waals surface area contributed by atoms with E-state index in [-0.39, 0.29) is 13.0 Å². The van der Waals surface area contributed by atoms with E-state index in [0.29, 0.717) is 0 Å². The Labute approximate surface area is 135 Å². The molecule has 132 valence electrons. The third-order valence-electron chi connectivity index (χ3n) is 3.46. The second kappa shape index (κ2) is 6.26. The summed E-state index contributed by atoms with van der Waals surface area (Å²) < 4.78 is 79.2. The lowest BCUT2D eigenvalue weighted by molar-refractivity contribution is -0.267. The summed E-state index contributed by atoms with van der Waals surface area (Å²) in [5, 5.41) is 0. The first-order valence-corrected chi connectivity index (χ1v) is 8.37. The van der Waals surface area contributed by atoms with Crippen LogP contribution in [0.1, 0.15) is 18.3 Å². The fourth-order valence-electron chi connectivity index (χ4n) is 2.30. The predicted octanol–water partition coefficient (Wildman–Crippen LogP) is 2.60. The van der Waals surface area contributed by atoms with E-state index in [1.807, 2.05) is 30.3 Å². The first-order chi connectivity index (χ1) is 11.3. The molecule has 1 fully saturated rings. The number of hydrogen-bond acceptors (Lipinski definition) is 6. The second-order valence-corrected chi connectivity index (χ2v) is 6.69. The van der Waals surface area contributed by atoms with Crippen molar-refractivity contribution in [2.24, 2.45) is 0 Å². The van der Waals surface area contributed by atoms with Crippen LogP contribution >= 0.6 is 0 Å². The largest absolute Gasteiger partial charge is 0.534 e. The lowest BCUT2D eigenvalue weighted by atomic mass is 10.1. The van der Waals surface area contributed by atoms with Crippen LogP contribution < -0.4 is 0 Å². The molecule has 0 bridgehead atoms. The Morgan fingerprint density at radius 2 is 1.83 bits per heavy atom. The summed E-state index contributed by atoms with van der Waals surface area (Å²) in [4.78, 5) is 0. The van der Waals surface area contributed by atoms with Crippen molar-refractivity contribution in [2.45, 2.75) is 30.4 Å². The van der Waals surface area contributed by atoms with E-state index in [4.69, 9.17) is 14.2 Å². The first-order valence-electron chi connectivity index (χ1n) is 6.96. The van der Waals surface area contributed by atoms with Gasteiger partial charge in [0.15, 0.2) is 12.4 Å². The molecule has 0 saturated carbocycles. The topological polar surface area (TPSA) is 71.1 Å². The van der Waals surface area contributed by atoms with E-state index in [0.717, 1.165) is 11.6 Å². The molecule has 2 aliphatic rings. The molecule has 2 heterocycles. The van der Waals surface area contributed by atoms with Crippen LogP contribution in [0.15, 0.2) is 42.4 Å². The van der Waals surface area contributed by atoms with Crippen LogP contribution in [0.5, 0.6) is 0 Å². The van der Waals surface area contributed by atoms with Gasteiger partial charge < -0.3 is 18.4 Å². The molecule has 0 unspecified atom stereocenters. The average molecular weight is 366 g/mol. The Balaban J connectivity index is 1.66. The molecule has 0 spiro atoms. The summed E-state index contributed by atoms with van der Waals surface area (Å²) in [6.45, 7) is 0.0248. The van der Waals surface area contributed by atoms with Crippen LogP contribution in [0.25, 0.3) is 0 Å². The minimum Gasteiger partial charge on any atom is -0.456 e. The minimum absolute atomic E-state index is 0.0248. The van der Waals surface area contributed by atoms with Gasteiger partial charge in [-0.1, -0.05) is 30.3 Å². The van der Waals surface area contributed by atoms with Crippen molar-refractivity contribution in [3.8, 4) is 0 Å². The van der Waals surface area contributed by atoms with Crippen molar-refractivity contribution in [1.29, 1.82) is 0 Å². The number of halogens is 3. The van der Waals surface area contributed by atoms with Gasteiger partial charge in [-0.2, -0.15) is 21.6 Å². The van der Waals surface area contributed by atoms with Gasteiger partial charge in [-0.3, -0.25) is 0 Å². The molecule has 1 saturated heterocycles. The highest BCUT2D eigenvalue weighted by molar-refractivity contribution is 7.87. The summed E-state index contributed by atoms with van der Waals surface area (Å²) >= 11 is 0. The van der Waals surface area contributed by atoms with E-state index >= 15 is 0 Å². The number of alkyl halides is 3. The highest BCUT2D eigenvalue weighted by Gasteiger charge is 2.50. The Morgan fingerprint density at radius 3 is 2.50 bits per heavy atom. The maximum atomic E-state index is 12.3. The Kier molecular flexibility index (Phi) is 4.45. The van der Waals surface area contributed by atoms with Crippen molar-refractivity contribution in [3.05, 3.63) is 47.9 Å². The maximum absolute atomic E-state index is 12.3. The molecule has 6 nitrogen and oxygen atoms in total. The Hall–Kier alpha value is -1.78. The minimum atomic E-state index is -5.76. The van der Waals surface area contributed by atoms with Gasteiger partial charge in [0.1, 0.15) is 6.10 Å². The van der Waals surface area contributed by atoms with Crippen LogP contribution in [0.3, 0.4) is 0 Å². The molecule has 1 aromatic rings. The Bertz CT molecular complexity index is 716. The van der Waals surface area contributed by atoms with Crippen LogP contribution in [-0.2, 0) is 28.5 Å². The van der Waals surface area contributed by atoms with Gasteiger partial charge in [0.25, 0.3) is 5.95 Å². The fraction of sp³-hybridized carbons (Fsp3) is 0.429. The molecule has 2 aliphatic heterocycles. The van der Waals surface area contributed by atoms with Crippen molar-refractivity contribution >= 4 is 10.1 Å². The van der Waals surface area contributed by atoms with E-state index in [1.54, 1.807) is 0 Å². The van der Waals surface area contributed by atoms with Gasteiger partial charge in [-0.25, -0.2) is 0 Å². The molecular weight excluding hydrogens is 353 g/mol. The molecule has 1 aromatic carbocycles. The molecule has 0 N–H and O–H groups in total. The van der Waals surface area contributed by atoms with Gasteiger partial charge in [-0.15, -0.1) is 0 Å². The number of fused-ring (bicyclic) bond motifs is 1. The maximum Gasteiger partial charge on any atom is 0.534 e. The van der Waals surface area contributed by atoms with Crippen molar-refractivity contribution in [1.82, 2.24) is 0 Å². The summed E-state index contributed by atoms with van der Waals surface area (Å²) in [5.74, 6) is -0.723. The first kappa shape index (κ1) is 17.1. The summed E-state index contributed by atoms with van der Waals surface area (Å²) in [7, 11) is -5.76. The molecule has 3 atom stereocenters. The van der Waals surface area contributed by atoms with Crippen molar-refractivity contribution in [3.63, 3.8) is 0 Å². The monoisotopic (exact) mass is 366 g/mol. The third-order valence-corrected chi connectivity index (χ3v) is 4.41. The Morgan fingerprint density at radius 1 is 1.12 bits per heavy atom. The molecule has 10 heteroatoms. The van der Waals surface area contributed by atoms with Gasteiger partial charge in [0, 0.05) is 18.1 Å². The summed E-state index contributed by atoms with van der Waals surface area (Å²) in [5.41, 5.74) is -4.73. The van der Waals surface area contributed by atoms with Crippen molar-refractivity contribution < 1.29 is 40.0 Å². The lowest BCUT2D eigenvalue weighted by Crippen LogP contribution is -2.44. The van der Waals surface area contributed by atoms with Gasteiger partial charge >= 0.3 is 15.6 Å². The summed E-state index contributed by atoms with van der Waals surface area (Å²) in [6.07, 6.45) is -0.609. The normalized spacial score (nSPS) is 27.6. The van der Waals surface area contributed by atoms with Gasteiger partial charge in [-0.05, 0) is 0 Å². The smallest absolute Gasteiger partial charge is 0.456 e. The number of hydrogen-bond donors (Lipinski definition) is 0. The van der Waals surface area contributed by atoms with E-state index in [9.17, 15) is 21.6 Å². The highest BCUT2D eigenvalue weighted by Crippen LogP contribution is 2.34. The van der Waals surface area contributed by atoms with Gasteiger partial charge in [0.2, 0.25) is 0 Å². The highest BCUT2D eigenvalue weighted by atomic mass is 32.2. The second-order valence-electron chi connectivity index (χ2n) is 5.15. The fourth-order valence-corrected chi connectivity index (χ4v) is 2.71. The van der Waals surface area contributed by atoms with E-state index in [1.165, 1.54) is 0 Å². The van der Waals surface area contributed by atoms with Crippen LogP contribution in [0.4, 0.5) is 13.2 Å². The molecule has 0 aromatic heterocycles. The quantitative estimate of drug-likeness (QED) is 0.605. The molecule has 0 radical (unpaired) electrons.